The lowest BCUT2D eigenvalue weighted by molar-refractivity contribution is 0.480. The van der Waals surface area contributed by atoms with Crippen LogP contribution in [0.5, 0.6) is 5.75 Å². The third kappa shape index (κ3) is 2.48. The molecule has 0 aliphatic heterocycles. The van der Waals surface area contributed by atoms with Crippen molar-refractivity contribution >= 4 is 51.1 Å². The van der Waals surface area contributed by atoms with Crippen LogP contribution in [0.2, 0.25) is 10.0 Å². The molecule has 4 nitrogen and oxygen atoms in total. The minimum absolute atomic E-state index is 0. The molecular weight excluding hydrogens is 343 g/mol. The van der Waals surface area contributed by atoms with Gasteiger partial charge in [0.2, 0.25) is 0 Å². The van der Waals surface area contributed by atoms with Gasteiger partial charge in [-0.2, -0.15) is 0 Å². The zero-order chi connectivity index (χ0) is 12.6. The number of phenols is 1. The van der Waals surface area contributed by atoms with E-state index in [0.717, 1.165) is 6.42 Å². The Morgan fingerprint density at radius 3 is 2.67 bits per heavy atom. The summed E-state index contributed by atoms with van der Waals surface area (Å²) in [5, 5.41) is 10.2. The van der Waals surface area contributed by atoms with Crippen LogP contribution >= 0.6 is 40.2 Å². The van der Waals surface area contributed by atoms with Crippen molar-refractivity contribution in [2.75, 3.05) is 0 Å². The molecule has 0 amide bonds. The fourth-order valence-corrected chi connectivity index (χ4v) is 2.18. The first-order valence-corrected chi connectivity index (χ1v) is 5.88. The fourth-order valence-electron chi connectivity index (χ4n) is 1.65. The van der Waals surface area contributed by atoms with E-state index in [1.54, 1.807) is 0 Å². The Labute approximate surface area is 124 Å². The summed E-state index contributed by atoms with van der Waals surface area (Å²) in [6.45, 7) is 2.51. The van der Waals surface area contributed by atoms with Crippen LogP contribution in [-0.2, 0) is 6.54 Å². The molecule has 0 saturated carbocycles. The van der Waals surface area contributed by atoms with Crippen LogP contribution in [0.4, 0.5) is 0 Å². The molecule has 2 rings (SSSR count). The Morgan fingerprint density at radius 1 is 1.39 bits per heavy atom. The molecule has 98 valence electrons. The first-order chi connectivity index (χ1) is 8.06. The summed E-state index contributed by atoms with van der Waals surface area (Å²) in [4.78, 5) is 16.1. The summed E-state index contributed by atoms with van der Waals surface area (Å²) in [5.74, 6) is -0.216. The third-order valence-electron chi connectivity index (χ3n) is 2.45. The van der Waals surface area contributed by atoms with Crippen molar-refractivity contribution in [1.82, 2.24) is 9.55 Å². The van der Waals surface area contributed by atoms with Gasteiger partial charge in [0.15, 0.2) is 5.75 Å². The zero-order valence-corrected chi connectivity index (χ0v) is 12.7. The van der Waals surface area contributed by atoms with Gasteiger partial charge in [-0.05, 0) is 12.5 Å². The highest BCUT2D eigenvalue weighted by Gasteiger charge is 2.14. The van der Waals surface area contributed by atoms with E-state index in [9.17, 15) is 9.90 Å². The lowest BCUT2D eigenvalue weighted by Gasteiger charge is -2.08. The smallest absolute Gasteiger partial charge is 0.262 e. The van der Waals surface area contributed by atoms with E-state index in [0.29, 0.717) is 6.54 Å². The van der Waals surface area contributed by atoms with Crippen LogP contribution in [0.15, 0.2) is 17.2 Å². The molecule has 0 atom stereocenters. The Morgan fingerprint density at radius 2 is 2.06 bits per heavy atom. The molecule has 0 saturated heterocycles. The normalized spacial score (nSPS) is 10.4. The van der Waals surface area contributed by atoms with Crippen LogP contribution in [-0.4, -0.2) is 14.7 Å². The summed E-state index contributed by atoms with van der Waals surface area (Å²) in [5.41, 5.74) is -0.131. The van der Waals surface area contributed by atoms with Gasteiger partial charge in [0, 0.05) is 6.54 Å². The predicted octanol–water partition coefficient (Wildman–Crippen LogP) is 3.40. The molecule has 0 unspecified atom stereocenters. The molecule has 2 aromatic rings. The van der Waals surface area contributed by atoms with Crippen molar-refractivity contribution in [1.29, 1.82) is 0 Å². The Bertz CT molecular complexity index is 643. The molecule has 0 aliphatic rings. The first-order valence-electron chi connectivity index (χ1n) is 5.12. The highest BCUT2D eigenvalue weighted by atomic mass is 79.9. The zero-order valence-electron chi connectivity index (χ0n) is 9.48. The number of nitrogens with zero attached hydrogens (tertiary/aromatic N) is 2. The third-order valence-corrected chi connectivity index (χ3v) is 3.03. The number of aromatic nitrogens is 2. The molecule has 18 heavy (non-hydrogen) atoms. The van der Waals surface area contributed by atoms with Crippen molar-refractivity contribution in [2.24, 2.45) is 0 Å². The maximum atomic E-state index is 12.1. The van der Waals surface area contributed by atoms with Gasteiger partial charge >= 0.3 is 0 Å². The number of halogens is 3. The molecule has 0 spiro atoms. The van der Waals surface area contributed by atoms with E-state index in [1.165, 1.54) is 17.0 Å². The van der Waals surface area contributed by atoms with Crippen molar-refractivity contribution < 1.29 is 5.11 Å². The number of benzene rings is 1. The first kappa shape index (κ1) is 15.3. The van der Waals surface area contributed by atoms with Crippen LogP contribution in [0.3, 0.4) is 0 Å². The monoisotopic (exact) mass is 352 g/mol. The number of phenolic OH excluding ortho intramolecular Hbond substituents is 1. The maximum Gasteiger partial charge on any atom is 0.262 e. The van der Waals surface area contributed by atoms with E-state index in [2.05, 4.69) is 4.98 Å². The minimum Gasteiger partial charge on any atom is -0.504 e. The molecule has 0 fully saturated rings. The SMILES string of the molecule is Br.CCCn1cnc2c(O)c(Cl)cc(Cl)c2c1=O. The molecule has 1 aromatic carbocycles. The van der Waals surface area contributed by atoms with Gasteiger partial charge in [0.1, 0.15) is 5.52 Å². The quantitative estimate of drug-likeness (QED) is 0.900. The number of aryl methyl sites for hydroxylation is 1. The second kappa shape index (κ2) is 5.91. The predicted molar refractivity (Wildman–Crippen MR) is 78.3 cm³/mol. The van der Waals surface area contributed by atoms with Crippen LogP contribution in [0, 0.1) is 0 Å². The van der Waals surface area contributed by atoms with Crippen LogP contribution in [0.1, 0.15) is 13.3 Å². The fraction of sp³-hybridized carbons (Fsp3) is 0.273. The molecule has 0 aliphatic carbocycles. The molecule has 1 aromatic heterocycles. The van der Waals surface area contributed by atoms with Crippen LogP contribution in [0.25, 0.3) is 10.9 Å². The van der Waals surface area contributed by atoms with E-state index >= 15 is 0 Å². The average Bonchev–Trinajstić information content (AvgIpc) is 2.29. The Kier molecular flexibility index (Phi) is 5.01. The number of hydrogen-bond acceptors (Lipinski definition) is 3. The number of rotatable bonds is 2. The topological polar surface area (TPSA) is 55.1 Å². The second-order valence-electron chi connectivity index (χ2n) is 3.66. The number of hydrogen-bond donors (Lipinski definition) is 1. The van der Waals surface area contributed by atoms with Gasteiger partial charge in [-0.15, -0.1) is 17.0 Å². The van der Waals surface area contributed by atoms with Gasteiger partial charge < -0.3 is 5.11 Å². The largest absolute Gasteiger partial charge is 0.504 e. The Balaban J connectivity index is 0.00000162. The van der Waals surface area contributed by atoms with E-state index in [1.807, 2.05) is 6.92 Å². The maximum absolute atomic E-state index is 12.1. The minimum atomic E-state index is -0.270. The summed E-state index contributed by atoms with van der Waals surface area (Å²) in [6.07, 6.45) is 2.20. The van der Waals surface area contributed by atoms with Gasteiger partial charge in [-0.1, -0.05) is 30.1 Å². The van der Waals surface area contributed by atoms with Gasteiger partial charge in [0.25, 0.3) is 5.56 Å². The van der Waals surface area contributed by atoms with E-state index in [4.69, 9.17) is 23.2 Å². The van der Waals surface area contributed by atoms with Gasteiger partial charge in [0.05, 0.1) is 21.8 Å². The molecule has 1 heterocycles. The molecule has 1 N–H and O–H groups in total. The summed E-state index contributed by atoms with van der Waals surface area (Å²) in [7, 11) is 0. The molecule has 0 radical (unpaired) electrons. The van der Waals surface area contributed by atoms with Gasteiger partial charge in [-0.3, -0.25) is 9.36 Å². The molecule has 0 bridgehead atoms. The standard InChI is InChI=1S/C11H10Cl2N2O2.BrH/c1-2-3-15-5-14-9-8(11(15)17)6(12)4-7(13)10(9)16;/h4-5,16H,2-3H2,1H3;1H. The number of fused-ring (bicyclic) bond motifs is 1. The molecular formula is C11H11BrCl2N2O2. The van der Waals surface area contributed by atoms with Crippen molar-refractivity contribution in [3.05, 3.63) is 32.8 Å². The van der Waals surface area contributed by atoms with Gasteiger partial charge in [-0.25, -0.2) is 4.98 Å². The van der Waals surface area contributed by atoms with Crippen molar-refractivity contribution in [2.45, 2.75) is 19.9 Å². The summed E-state index contributed by atoms with van der Waals surface area (Å²) < 4.78 is 1.46. The van der Waals surface area contributed by atoms with Crippen LogP contribution < -0.4 is 5.56 Å². The summed E-state index contributed by atoms with van der Waals surface area (Å²) >= 11 is 11.7. The van der Waals surface area contributed by atoms with E-state index in [-0.39, 0.29) is 49.2 Å². The highest BCUT2D eigenvalue weighted by molar-refractivity contribution is 8.93. The van der Waals surface area contributed by atoms with Crippen molar-refractivity contribution in [3.63, 3.8) is 0 Å². The average molecular weight is 354 g/mol. The lowest BCUT2D eigenvalue weighted by atomic mass is 10.2. The summed E-state index contributed by atoms with van der Waals surface area (Å²) in [6, 6.07) is 1.35. The molecule has 7 heteroatoms. The second-order valence-corrected chi connectivity index (χ2v) is 4.47. The Hall–Kier alpha value is -0.780. The highest BCUT2D eigenvalue weighted by Crippen LogP contribution is 2.34. The van der Waals surface area contributed by atoms with E-state index < -0.39 is 0 Å². The number of aromatic hydroxyl groups is 1. The lowest BCUT2D eigenvalue weighted by Crippen LogP contribution is -2.20. The van der Waals surface area contributed by atoms with Crippen molar-refractivity contribution in [3.8, 4) is 5.75 Å².